The Hall–Kier alpha value is -3.12. The van der Waals surface area contributed by atoms with Crippen LogP contribution in [0.1, 0.15) is 24.0 Å². The lowest BCUT2D eigenvalue weighted by Gasteiger charge is -2.38. The van der Waals surface area contributed by atoms with Gasteiger partial charge in [0, 0.05) is 56.9 Å². The lowest BCUT2D eigenvalue weighted by atomic mass is 10.1. The summed E-state index contributed by atoms with van der Waals surface area (Å²) in [7, 11) is 1.98. The molecular weight excluding hydrogens is 384 g/mol. The molecule has 0 saturated carbocycles. The maximum Gasteiger partial charge on any atom is 0.0603 e. The van der Waals surface area contributed by atoms with E-state index in [-0.39, 0.29) is 0 Å². The van der Waals surface area contributed by atoms with Crippen LogP contribution in [-0.4, -0.2) is 39.8 Å². The van der Waals surface area contributed by atoms with Gasteiger partial charge in [0.15, 0.2) is 0 Å². The summed E-state index contributed by atoms with van der Waals surface area (Å²) in [6.07, 6.45) is 1.79. The Bertz CT molecular complexity index is 899. The molecule has 0 atom stereocenters. The molecule has 3 rings (SSSR count). The van der Waals surface area contributed by atoms with Gasteiger partial charge in [-0.1, -0.05) is 37.4 Å². The maximum absolute atomic E-state index is 5.36. The van der Waals surface area contributed by atoms with E-state index in [0.717, 1.165) is 68.2 Å². The Morgan fingerprint density at radius 1 is 1.00 bits per heavy atom. The third kappa shape index (κ3) is 5.73. The van der Waals surface area contributed by atoms with E-state index in [1.807, 2.05) is 7.05 Å². The number of benzene rings is 2. The number of hydrogen-bond donors (Lipinski definition) is 4. The quantitative estimate of drug-likeness (QED) is 0.267. The Morgan fingerprint density at radius 3 is 2.32 bits per heavy atom. The molecule has 31 heavy (non-hydrogen) atoms. The maximum atomic E-state index is 5.36. The molecule has 0 aromatic heterocycles. The van der Waals surface area contributed by atoms with Crippen molar-refractivity contribution in [3.8, 4) is 0 Å². The number of piperazine rings is 1. The van der Waals surface area contributed by atoms with Gasteiger partial charge in [-0.05, 0) is 49.1 Å². The van der Waals surface area contributed by atoms with E-state index in [9.17, 15) is 0 Å². The van der Waals surface area contributed by atoms with E-state index < -0.39 is 0 Å². The fourth-order valence-electron chi connectivity index (χ4n) is 4.02. The Balaban J connectivity index is 1.59. The van der Waals surface area contributed by atoms with Crippen LogP contribution >= 0.6 is 0 Å². The molecule has 0 spiro atoms. The smallest absolute Gasteiger partial charge is 0.0603 e. The summed E-state index contributed by atoms with van der Waals surface area (Å²) in [6, 6.07) is 15.2. The van der Waals surface area contributed by atoms with Gasteiger partial charge in [-0.15, -0.1) is 0 Å². The third-order valence-electron chi connectivity index (χ3n) is 5.89. The number of hydrazine groups is 1. The molecule has 1 aliphatic heterocycles. The molecule has 0 radical (unpaired) electrons. The van der Waals surface area contributed by atoms with Gasteiger partial charge < -0.3 is 25.9 Å². The van der Waals surface area contributed by atoms with E-state index in [1.165, 1.54) is 16.9 Å². The molecule has 166 valence electrons. The number of para-hydroxylation sites is 1. The Labute approximate surface area is 186 Å². The summed E-state index contributed by atoms with van der Waals surface area (Å²) < 4.78 is 0. The zero-order valence-corrected chi connectivity index (χ0v) is 18.9. The van der Waals surface area contributed by atoms with Gasteiger partial charge in [0.1, 0.15) is 0 Å². The molecule has 0 aliphatic carbocycles. The predicted octanol–water partition coefficient (Wildman–Crippen LogP) is 3.68. The van der Waals surface area contributed by atoms with Crippen LogP contribution in [0.4, 0.5) is 17.1 Å². The second-order valence-electron chi connectivity index (χ2n) is 8.00. The van der Waals surface area contributed by atoms with Crippen molar-refractivity contribution in [2.75, 3.05) is 54.9 Å². The number of aryl methyl sites for hydroxylation is 1. The van der Waals surface area contributed by atoms with Crippen molar-refractivity contribution in [3.63, 3.8) is 0 Å². The summed E-state index contributed by atoms with van der Waals surface area (Å²) >= 11 is 0. The molecule has 1 heterocycles. The monoisotopic (exact) mass is 420 g/mol. The molecule has 2 aromatic carbocycles. The first-order chi connectivity index (χ1) is 15.0. The highest BCUT2D eigenvalue weighted by Crippen LogP contribution is 2.30. The minimum Gasteiger partial charge on any atom is -0.386 e. The molecule has 5 N–H and O–H groups in total. The fraction of sp³-hybridized carbons (Fsp3) is 0.360. The molecule has 1 saturated heterocycles. The zero-order chi connectivity index (χ0) is 22.2. The zero-order valence-electron chi connectivity index (χ0n) is 18.9. The highest BCUT2D eigenvalue weighted by atomic mass is 15.3. The van der Waals surface area contributed by atoms with Crippen LogP contribution in [0.3, 0.4) is 0 Å². The third-order valence-corrected chi connectivity index (χ3v) is 5.89. The molecule has 0 bridgehead atoms. The molecular formula is C25H36N6. The lowest BCUT2D eigenvalue weighted by Crippen LogP contribution is -2.47. The molecule has 1 fully saturated rings. The molecule has 0 amide bonds. The number of rotatable bonds is 10. The number of allylic oxidation sites excluding steroid dienone is 1. The Morgan fingerprint density at radius 2 is 1.68 bits per heavy atom. The second kappa shape index (κ2) is 10.8. The van der Waals surface area contributed by atoms with Crippen molar-refractivity contribution in [2.24, 2.45) is 5.84 Å². The first-order valence-corrected chi connectivity index (χ1v) is 11.0. The van der Waals surface area contributed by atoms with Crippen LogP contribution in [-0.2, 0) is 0 Å². The summed E-state index contributed by atoms with van der Waals surface area (Å²) in [5.74, 6) is 5.36. The van der Waals surface area contributed by atoms with Gasteiger partial charge in [0.05, 0.1) is 11.4 Å². The largest absolute Gasteiger partial charge is 0.386 e. The van der Waals surface area contributed by atoms with Crippen LogP contribution in [0.2, 0.25) is 0 Å². The molecule has 1 aliphatic rings. The predicted molar refractivity (Wildman–Crippen MR) is 134 cm³/mol. The average molecular weight is 421 g/mol. The average Bonchev–Trinajstić information content (AvgIpc) is 2.81. The van der Waals surface area contributed by atoms with Crippen molar-refractivity contribution in [1.82, 2.24) is 10.7 Å². The van der Waals surface area contributed by atoms with Crippen molar-refractivity contribution in [3.05, 3.63) is 72.4 Å². The van der Waals surface area contributed by atoms with Crippen LogP contribution in [0.25, 0.3) is 5.70 Å². The Kier molecular flexibility index (Phi) is 7.84. The standard InChI is InChI=1S/C25H36N6/c1-19-8-5-6-10-24(19)30-14-16-31(17-15-30)25-12-11-22(18-23(25)27-4)21(3)28-13-7-9-20(2)29-26/h5-6,8,10-12,18,27-29H,2-3,7,9,13-17,26H2,1,4H3. The SMILES string of the molecule is C=C(CCCNC(=C)c1ccc(N2CCN(c3ccccc3C)CC2)c(NC)c1)NN. The van der Waals surface area contributed by atoms with Gasteiger partial charge in [-0.3, -0.25) is 5.84 Å². The first kappa shape index (κ1) is 22.6. The summed E-state index contributed by atoms with van der Waals surface area (Å²) in [6.45, 7) is 15.1. The van der Waals surface area contributed by atoms with Gasteiger partial charge in [-0.2, -0.15) is 0 Å². The van der Waals surface area contributed by atoms with Crippen LogP contribution in [0.15, 0.2) is 61.3 Å². The first-order valence-electron chi connectivity index (χ1n) is 11.0. The highest BCUT2D eigenvalue weighted by molar-refractivity contribution is 5.76. The van der Waals surface area contributed by atoms with Crippen molar-refractivity contribution in [2.45, 2.75) is 19.8 Å². The van der Waals surface area contributed by atoms with Gasteiger partial charge >= 0.3 is 0 Å². The summed E-state index contributed by atoms with van der Waals surface area (Å²) in [4.78, 5) is 4.95. The van der Waals surface area contributed by atoms with E-state index in [2.05, 4.69) is 88.4 Å². The molecule has 6 heteroatoms. The highest BCUT2D eigenvalue weighted by Gasteiger charge is 2.20. The van der Waals surface area contributed by atoms with Crippen LogP contribution in [0, 0.1) is 6.92 Å². The number of nitrogens with two attached hydrogens (primary N) is 1. The normalized spacial score (nSPS) is 13.6. The van der Waals surface area contributed by atoms with E-state index in [0.29, 0.717) is 0 Å². The number of anilines is 3. The van der Waals surface area contributed by atoms with Crippen molar-refractivity contribution >= 4 is 22.8 Å². The van der Waals surface area contributed by atoms with Gasteiger partial charge in [-0.25, -0.2) is 0 Å². The topological polar surface area (TPSA) is 68.6 Å². The summed E-state index contributed by atoms with van der Waals surface area (Å²) in [5.41, 5.74) is 10.5. The molecule has 6 nitrogen and oxygen atoms in total. The van der Waals surface area contributed by atoms with Crippen molar-refractivity contribution in [1.29, 1.82) is 0 Å². The van der Waals surface area contributed by atoms with Gasteiger partial charge in [0.25, 0.3) is 0 Å². The van der Waals surface area contributed by atoms with Crippen molar-refractivity contribution < 1.29 is 0 Å². The number of nitrogens with one attached hydrogen (secondary N) is 3. The fourth-order valence-corrected chi connectivity index (χ4v) is 4.02. The van der Waals surface area contributed by atoms with E-state index in [1.54, 1.807) is 0 Å². The minimum absolute atomic E-state index is 0.830. The number of nitrogens with zero attached hydrogens (tertiary/aromatic N) is 2. The lowest BCUT2D eigenvalue weighted by molar-refractivity contribution is 0.653. The molecule has 0 unspecified atom stereocenters. The number of hydrogen-bond acceptors (Lipinski definition) is 6. The molecule has 2 aromatic rings. The van der Waals surface area contributed by atoms with Gasteiger partial charge in [0.2, 0.25) is 0 Å². The van der Waals surface area contributed by atoms with Crippen LogP contribution < -0.4 is 31.7 Å². The second-order valence-corrected chi connectivity index (χ2v) is 8.00. The minimum atomic E-state index is 0.830. The van der Waals surface area contributed by atoms with E-state index in [4.69, 9.17) is 5.84 Å². The van der Waals surface area contributed by atoms with Crippen LogP contribution in [0.5, 0.6) is 0 Å². The van der Waals surface area contributed by atoms with E-state index >= 15 is 0 Å². The summed E-state index contributed by atoms with van der Waals surface area (Å²) in [5, 5.41) is 6.78.